The van der Waals surface area contributed by atoms with Crippen molar-refractivity contribution in [2.24, 2.45) is 0 Å². The zero-order chi connectivity index (χ0) is 7.54. The van der Waals surface area contributed by atoms with Gasteiger partial charge in [0.1, 0.15) is 13.6 Å². The summed E-state index contributed by atoms with van der Waals surface area (Å²) in [5.74, 6) is 0. The quantitative estimate of drug-likeness (QED) is 0.623. The largest absolute Gasteiger partial charge is 0.307 e. The van der Waals surface area contributed by atoms with E-state index in [9.17, 15) is 0 Å². The molecule has 0 aromatic carbocycles. The fourth-order valence-electron chi connectivity index (χ4n) is 0.340. The van der Waals surface area contributed by atoms with E-state index >= 15 is 0 Å². The molecule has 3 heteroatoms. The van der Waals surface area contributed by atoms with Crippen LogP contribution in [0, 0.1) is 6.08 Å². The van der Waals surface area contributed by atoms with E-state index in [1.807, 2.05) is 25.7 Å². The third-order valence-corrected chi connectivity index (χ3v) is 0.586. The third kappa shape index (κ3) is 15.7. The van der Waals surface area contributed by atoms with Crippen molar-refractivity contribution in [2.45, 2.75) is 6.42 Å². The average Bonchev–Trinajstić information content (AvgIpc) is 2.51. The molecule has 1 radical (unpaired) electrons. The number of allylic oxidation sites excluding steroid dienone is 4. The Morgan fingerprint density at radius 3 is 1.80 bits per heavy atom. The second-order valence-corrected chi connectivity index (χ2v) is 1.00. The standard InChI is InChI=1S/C5H5.2CH2O.Ir/c1-2-4-5-3-1;2*1-2;/h1-3H,4H2;2*1H2;/q-1;;;. The molecule has 0 N–H and O–H groups in total. The van der Waals surface area contributed by atoms with Gasteiger partial charge >= 0.3 is 0 Å². The molecule has 0 aromatic rings. The fraction of sp³-hybridized carbons (Fsp3) is 0.143. The Labute approximate surface area is 74.4 Å². The summed E-state index contributed by atoms with van der Waals surface area (Å²) in [5.41, 5.74) is 0. The molecule has 0 aliphatic heterocycles. The van der Waals surface area contributed by atoms with Crippen LogP contribution in [-0.2, 0) is 29.7 Å². The van der Waals surface area contributed by atoms with Crippen LogP contribution in [0.5, 0.6) is 0 Å². The molecule has 0 fully saturated rings. The maximum absolute atomic E-state index is 8.00. The van der Waals surface area contributed by atoms with Gasteiger partial charge in [-0.25, -0.2) is 12.2 Å². The van der Waals surface area contributed by atoms with Gasteiger partial charge in [-0.2, -0.15) is 6.08 Å². The van der Waals surface area contributed by atoms with Gasteiger partial charge < -0.3 is 9.59 Å². The van der Waals surface area contributed by atoms with E-state index in [1.165, 1.54) is 0 Å². The van der Waals surface area contributed by atoms with E-state index in [0.29, 0.717) is 0 Å². The van der Waals surface area contributed by atoms with Gasteiger partial charge in [-0.1, -0.05) is 0 Å². The Balaban J connectivity index is -0.0000000875. The van der Waals surface area contributed by atoms with Gasteiger partial charge in [0.05, 0.1) is 0 Å². The predicted octanol–water partition coefficient (Wildman–Crippen LogP) is 0.933. The van der Waals surface area contributed by atoms with Gasteiger partial charge in [-0.05, 0) is 0 Å². The van der Waals surface area contributed by atoms with Crippen LogP contribution in [0.1, 0.15) is 6.42 Å². The smallest absolute Gasteiger partial charge is 0.106 e. The van der Waals surface area contributed by atoms with E-state index in [1.54, 1.807) is 0 Å². The first kappa shape index (κ1) is 16.2. The summed E-state index contributed by atoms with van der Waals surface area (Å²) in [6.07, 6.45) is 10.0. The van der Waals surface area contributed by atoms with Gasteiger partial charge in [0.2, 0.25) is 0 Å². The van der Waals surface area contributed by atoms with Gasteiger partial charge in [-0.3, -0.25) is 6.08 Å². The first-order valence-electron chi connectivity index (χ1n) is 2.29. The van der Waals surface area contributed by atoms with Crippen LogP contribution in [0.25, 0.3) is 0 Å². The molecule has 59 valence electrons. The molecule has 0 heterocycles. The minimum Gasteiger partial charge on any atom is -0.307 e. The van der Waals surface area contributed by atoms with Crippen LogP contribution < -0.4 is 0 Å². The monoisotopic (exact) mass is 318 g/mol. The van der Waals surface area contributed by atoms with E-state index in [2.05, 4.69) is 12.2 Å². The van der Waals surface area contributed by atoms with Crippen molar-refractivity contribution in [2.75, 3.05) is 0 Å². The van der Waals surface area contributed by atoms with Crippen LogP contribution in [0.4, 0.5) is 0 Å². The molecule has 0 atom stereocenters. The van der Waals surface area contributed by atoms with Gasteiger partial charge in [0.15, 0.2) is 0 Å². The van der Waals surface area contributed by atoms with Crippen molar-refractivity contribution in [1.29, 1.82) is 0 Å². The minimum absolute atomic E-state index is 0. The molecule has 0 spiro atoms. The summed E-state index contributed by atoms with van der Waals surface area (Å²) < 4.78 is 0. The Morgan fingerprint density at radius 1 is 1.20 bits per heavy atom. The van der Waals surface area contributed by atoms with Crippen molar-refractivity contribution < 1.29 is 29.7 Å². The number of hydrogen-bond acceptors (Lipinski definition) is 2. The Hall–Kier alpha value is -0.531. The summed E-state index contributed by atoms with van der Waals surface area (Å²) in [4.78, 5) is 16.0. The number of carbonyl (C=O) groups excluding carboxylic acids is 2. The second kappa shape index (κ2) is 23.7. The van der Waals surface area contributed by atoms with E-state index in [0.717, 1.165) is 6.42 Å². The SMILES string of the molecule is C=O.C=O.[C-]1=CC=CC1.[Ir]. The van der Waals surface area contributed by atoms with Crippen molar-refractivity contribution in [3.05, 3.63) is 24.3 Å². The molecule has 0 amide bonds. The fourth-order valence-corrected chi connectivity index (χ4v) is 0.340. The van der Waals surface area contributed by atoms with Gasteiger partial charge in [0, 0.05) is 20.1 Å². The van der Waals surface area contributed by atoms with E-state index in [4.69, 9.17) is 9.59 Å². The Bertz CT molecular complexity index is 87.8. The normalized spacial score (nSPS) is 9.60. The summed E-state index contributed by atoms with van der Waals surface area (Å²) in [5, 5.41) is 0. The average molecular weight is 317 g/mol. The first-order valence-corrected chi connectivity index (χ1v) is 2.29. The molecule has 0 saturated carbocycles. The maximum atomic E-state index is 8.00. The summed E-state index contributed by atoms with van der Waals surface area (Å²) in [6.45, 7) is 4.00. The summed E-state index contributed by atoms with van der Waals surface area (Å²) in [6, 6.07) is 0. The first-order chi connectivity index (χ1) is 4.50. The molecular formula is C7H9IrO2-. The summed E-state index contributed by atoms with van der Waals surface area (Å²) >= 11 is 0. The zero-order valence-electron chi connectivity index (χ0n) is 5.50. The molecule has 1 aliphatic carbocycles. The van der Waals surface area contributed by atoms with Crippen molar-refractivity contribution >= 4 is 13.6 Å². The van der Waals surface area contributed by atoms with Gasteiger partial charge in [0.25, 0.3) is 0 Å². The predicted molar refractivity (Wildman–Crippen MR) is 35.8 cm³/mol. The van der Waals surface area contributed by atoms with Crippen molar-refractivity contribution in [3.63, 3.8) is 0 Å². The molecule has 0 unspecified atom stereocenters. The van der Waals surface area contributed by atoms with Crippen molar-refractivity contribution in [1.82, 2.24) is 0 Å². The van der Waals surface area contributed by atoms with Crippen LogP contribution in [-0.4, -0.2) is 13.6 Å². The van der Waals surface area contributed by atoms with Crippen LogP contribution >= 0.6 is 0 Å². The second-order valence-electron chi connectivity index (χ2n) is 1.00. The molecule has 1 aliphatic rings. The molecule has 2 nitrogen and oxygen atoms in total. The molecule has 10 heavy (non-hydrogen) atoms. The summed E-state index contributed by atoms with van der Waals surface area (Å²) in [7, 11) is 0. The third-order valence-electron chi connectivity index (χ3n) is 0.586. The maximum Gasteiger partial charge on any atom is 0.106 e. The van der Waals surface area contributed by atoms with Crippen molar-refractivity contribution in [3.8, 4) is 0 Å². The number of carbonyl (C=O) groups is 2. The minimum atomic E-state index is 0. The molecule has 1 rings (SSSR count). The van der Waals surface area contributed by atoms with Gasteiger partial charge in [-0.15, -0.1) is 6.42 Å². The topological polar surface area (TPSA) is 34.1 Å². The number of hydrogen-bond donors (Lipinski definition) is 0. The Kier molecular flexibility index (Phi) is 38.4. The van der Waals surface area contributed by atoms with Crippen LogP contribution in [0.15, 0.2) is 18.2 Å². The van der Waals surface area contributed by atoms with Crippen LogP contribution in [0.2, 0.25) is 0 Å². The molecule has 0 saturated heterocycles. The van der Waals surface area contributed by atoms with E-state index < -0.39 is 0 Å². The van der Waals surface area contributed by atoms with E-state index in [-0.39, 0.29) is 20.1 Å². The van der Waals surface area contributed by atoms with Crippen LogP contribution in [0.3, 0.4) is 0 Å². The zero-order valence-corrected chi connectivity index (χ0v) is 7.90. The molecule has 0 bridgehead atoms. The molecular weight excluding hydrogens is 308 g/mol. The Morgan fingerprint density at radius 2 is 1.70 bits per heavy atom. The number of rotatable bonds is 0. The molecule has 0 aromatic heterocycles.